The van der Waals surface area contributed by atoms with Crippen LogP contribution in [0.15, 0.2) is 15.9 Å². The second-order valence-corrected chi connectivity index (χ2v) is 6.21. The molecule has 0 aliphatic heterocycles. The first kappa shape index (κ1) is 11.7. The number of thiophene rings is 1. The van der Waals surface area contributed by atoms with Crippen molar-refractivity contribution in [2.75, 3.05) is 0 Å². The van der Waals surface area contributed by atoms with Crippen LogP contribution >= 0.6 is 27.3 Å². The molecule has 1 rings (SSSR count). The molecular formula is C9H12BrNO2S. The standard InChI is InChI=1S/C9H12BrNO2S/c1-9(2,3)13-11-8(12)6-4-5-7(10)14-6/h4-5H,1-3H3,(H,11,12). The summed E-state index contributed by atoms with van der Waals surface area (Å²) in [5.74, 6) is -0.212. The Hall–Kier alpha value is -0.390. The van der Waals surface area contributed by atoms with Gasteiger partial charge in [-0.2, -0.15) is 0 Å². The summed E-state index contributed by atoms with van der Waals surface area (Å²) in [4.78, 5) is 17.2. The maximum atomic E-state index is 11.5. The van der Waals surface area contributed by atoms with E-state index in [-0.39, 0.29) is 11.5 Å². The van der Waals surface area contributed by atoms with Crippen molar-refractivity contribution in [3.05, 3.63) is 20.8 Å². The first-order valence-electron chi connectivity index (χ1n) is 4.12. The van der Waals surface area contributed by atoms with Gasteiger partial charge in [0.05, 0.1) is 14.3 Å². The van der Waals surface area contributed by atoms with Crippen LogP contribution in [0.3, 0.4) is 0 Å². The summed E-state index contributed by atoms with van der Waals surface area (Å²) >= 11 is 4.66. The summed E-state index contributed by atoms with van der Waals surface area (Å²) in [6.45, 7) is 5.62. The third-order valence-corrected chi connectivity index (χ3v) is 2.87. The van der Waals surface area contributed by atoms with Crippen LogP contribution in [0.4, 0.5) is 0 Å². The molecule has 0 spiro atoms. The van der Waals surface area contributed by atoms with E-state index in [0.717, 1.165) is 3.79 Å². The average Bonchev–Trinajstić information content (AvgIpc) is 2.46. The topological polar surface area (TPSA) is 38.3 Å². The van der Waals surface area contributed by atoms with Gasteiger partial charge in [-0.1, -0.05) is 0 Å². The zero-order valence-electron chi connectivity index (χ0n) is 8.26. The van der Waals surface area contributed by atoms with Crippen molar-refractivity contribution >= 4 is 33.2 Å². The number of carbonyl (C=O) groups is 1. The first-order valence-corrected chi connectivity index (χ1v) is 5.73. The highest BCUT2D eigenvalue weighted by Gasteiger charge is 2.14. The van der Waals surface area contributed by atoms with Gasteiger partial charge in [0.25, 0.3) is 5.91 Å². The fourth-order valence-electron chi connectivity index (χ4n) is 0.686. The maximum Gasteiger partial charge on any atom is 0.284 e. The van der Waals surface area contributed by atoms with Crippen LogP contribution in [0.1, 0.15) is 30.4 Å². The minimum Gasteiger partial charge on any atom is -0.268 e. The van der Waals surface area contributed by atoms with Crippen molar-refractivity contribution in [2.45, 2.75) is 26.4 Å². The zero-order valence-corrected chi connectivity index (χ0v) is 10.7. The predicted molar refractivity (Wildman–Crippen MR) is 60.3 cm³/mol. The lowest BCUT2D eigenvalue weighted by atomic mass is 10.2. The van der Waals surface area contributed by atoms with Crippen LogP contribution in [0.25, 0.3) is 0 Å². The van der Waals surface area contributed by atoms with Crippen LogP contribution in [0.5, 0.6) is 0 Å². The van der Waals surface area contributed by atoms with Crippen molar-refractivity contribution < 1.29 is 9.63 Å². The van der Waals surface area contributed by atoms with Gasteiger partial charge in [-0.05, 0) is 48.8 Å². The number of carbonyl (C=O) groups excluding carboxylic acids is 1. The lowest BCUT2D eigenvalue weighted by Crippen LogP contribution is -2.33. The van der Waals surface area contributed by atoms with Gasteiger partial charge in [0.15, 0.2) is 0 Å². The summed E-state index contributed by atoms with van der Waals surface area (Å²) in [6.07, 6.45) is 0. The molecule has 78 valence electrons. The van der Waals surface area contributed by atoms with Crippen molar-refractivity contribution in [1.82, 2.24) is 5.48 Å². The Bertz CT molecular complexity index is 330. The summed E-state index contributed by atoms with van der Waals surface area (Å²) in [5, 5.41) is 0. The smallest absolute Gasteiger partial charge is 0.268 e. The lowest BCUT2D eigenvalue weighted by molar-refractivity contribution is -0.0588. The molecule has 0 aromatic carbocycles. The molecule has 5 heteroatoms. The molecule has 0 atom stereocenters. The van der Waals surface area contributed by atoms with E-state index in [1.165, 1.54) is 11.3 Å². The summed E-state index contributed by atoms with van der Waals surface area (Å²) in [5.41, 5.74) is 2.03. The van der Waals surface area contributed by atoms with Crippen LogP contribution < -0.4 is 5.48 Å². The molecule has 0 bridgehead atoms. The molecule has 1 heterocycles. The van der Waals surface area contributed by atoms with Crippen molar-refractivity contribution in [2.24, 2.45) is 0 Å². The number of halogens is 1. The maximum absolute atomic E-state index is 11.5. The van der Waals surface area contributed by atoms with Gasteiger partial charge in [-0.3, -0.25) is 9.63 Å². The predicted octanol–water partition coefficient (Wildman–Crippen LogP) is 2.97. The second kappa shape index (κ2) is 4.42. The fourth-order valence-corrected chi connectivity index (χ4v) is 1.96. The van der Waals surface area contributed by atoms with Crippen LogP contribution in [-0.2, 0) is 4.84 Å². The molecule has 0 aliphatic rings. The fraction of sp³-hybridized carbons (Fsp3) is 0.444. The Balaban J connectivity index is 2.52. The number of hydrogen-bond donors (Lipinski definition) is 1. The van der Waals surface area contributed by atoms with Gasteiger partial charge < -0.3 is 0 Å². The van der Waals surface area contributed by atoms with Crippen molar-refractivity contribution in [3.8, 4) is 0 Å². The van der Waals surface area contributed by atoms with E-state index in [9.17, 15) is 4.79 Å². The summed E-state index contributed by atoms with van der Waals surface area (Å²) < 4.78 is 0.929. The number of nitrogens with one attached hydrogen (secondary N) is 1. The van der Waals surface area contributed by atoms with E-state index in [2.05, 4.69) is 21.4 Å². The molecule has 0 aliphatic carbocycles. The third-order valence-electron chi connectivity index (χ3n) is 1.25. The molecule has 0 radical (unpaired) electrons. The van der Waals surface area contributed by atoms with E-state index in [1.807, 2.05) is 26.8 Å². The Labute approximate surface area is 95.5 Å². The summed E-state index contributed by atoms with van der Waals surface area (Å²) in [7, 11) is 0. The Morgan fingerprint density at radius 2 is 2.14 bits per heavy atom. The molecule has 1 amide bonds. The summed E-state index contributed by atoms with van der Waals surface area (Å²) in [6, 6.07) is 3.58. The van der Waals surface area contributed by atoms with Gasteiger partial charge in [-0.15, -0.1) is 11.3 Å². The van der Waals surface area contributed by atoms with E-state index in [4.69, 9.17) is 4.84 Å². The average molecular weight is 278 g/mol. The van der Waals surface area contributed by atoms with Gasteiger partial charge in [0.2, 0.25) is 0 Å². The molecule has 14 heavy (non-hydrogen) atoms. The molecule has 0 unspecified atom stereocenters. The minimum absolute atomic E-state index is 0.212. The normalized spacial score (nSPS) is 11.4. The zero-order chi connectivity index (χ0) is 10.8. The van der Waals surface area contributed by atoms with E-state index in [1.54, 1.807) is 6.07 Å². The number of rotatable bonds is 2. The molecule has 1 aromatic rings. The highest BCUT2D eigenvalue weighted by atomic mass is 79.9. The van der Waals surface area contributed by atoms with Crippen LogP contribution in [-0.4, -0.2) is 11.5 Å². The molecule has 3 nitrogen and oxygen atoms in total. The molecule has 0 saturated carbocycles. The number of hydrogen-bond acceptors (Lipinski definition) is 3. The monoisotopic (exact) mass is 277 g/mol. The molecule has 0 fully saturated rings. The van der Waals surface area contributed by atoms with E-state index >= 15 is 0 Å². The lowest BCUT2D eigenvalue weighted by Gasteiger charge is -2.18. The largest absolute Gasteiger partial charge is 0.284 e. The molecule has 1 N–H and O–H groups in total. The van der Waals surface area contributed by atoms with Gasteiger partial charge >= 0.3 is 0 Å². The van der Waals surface area contributed by atoms with E-state index < -0.39 is 0 Å². The Morgan fingerprint density at radius 1 is 1.50 bits per heavy atom. The van der Waals surface area contributed by atoms with Crippen molar-refractivity contribution in [3.63, 3.8) is 0 Å². The van der Waals surface area contributed by atoms with E-state index in [0.29, 0.717) is 4.88 Å². The minimum atomic E-state index is -0.371. The highest BCUT2D eigenvalue weighted by molar-refractivity contribution is 9.11. The van der Waals surface area contributed by atoms with Crippen LogP contribution in [0, 0.1) is 0 Å². The van der Waals surface area contributed by atoms with Crippen molar-refractivity contribution in [1.29, 1.82) is 0 Å². The SMILES string of the molecule is CC(C)(C)ONC(=O)c1ccc(Br)s1. The van der Waals surface area contributed by atoms with Gasteiger partial charge in [0.1, 0.15) is 0 Å². The third kappa shape index (κ3) is 3.77. The molecule has 0 saturated heterocycles. The van der Waals surface area contributed by atoms with Gasteiger partial charge in [0, 0.05) is 0 Å². The molecule has 1 aromatic heterocycles. The Morgan fingerprint density at radius 3 is 2.57 bits per heavy atom. The Kier molecular flexibility index (Phi) is 3.69. The second-order valence-electron chi connectivity index (χ2n) is 3.75. The number of amides is 1. The first-order chi connectivity index (χ1) is 6.38. The quantitative estimate of drug-likeness (QED) is 0.845. The van der Waals surface area contributed by atoms with Crippen LogP contribution in [0.2, 0.25) is 0 Å². The van der Waals surface area contributed by atoms with Gasteiger partial charge in [-0.25, -0.2) is 5.48 Å². The highest BCUT2D eigenvalue weighted by Crippen LogP contribution is 2.21. The number of hydroxylamine groups is 1. The molecular weight excluding hydrogens is 266 g/mol.